The van der Waals surface area contributed by atoms with E-state index in [2.05, 4.69) is 74.7 Å². The van der Waals surface area contributed by atoms with Crippen LogP contribution in [0.5, 0.6) is 0 Å². The standard InChI is InChI=1S/C9H17I3O/c1-2-3-4-5-6-7-8(10)9(11,12)13/h8,13H,2-7H2,1H3. The van der Waals surface area contributed by atoms with Crippen LogP contribution in [-0.4, -0.2) is 10.6 Å². The Morgan fingerprint density at radius 2 is 1.69 bits per heavy atom. The maximum Gasteiger partial charge on any atom is 0.178 e. The van der Waals surface area contributed by atoms with E-state index in [1.807, 2.05) is 0 Å². The highest BCUT2D eigenvalue weighted by atomic mass is 127. The van der Waals surface area contributed by atoms with Crippen LogP contribution in [0.2, 0.25) is 0 Å². The third kappa shape index (κ3) is 9.10. The average molecular weight is 522 g/mol. The van der Waals surface area contributed by atoms with Gasteiger partial charge in [-0.15, -0.1) is 0 Å². The smallest absolute Gasteiger partial charge is 0.178 e. The van der Waals surface area contributed by atoms with Crippen molar-refractivity contribution in [1.29, 1.82) is 0 Å². The van der Waals surface area contributed by atoms with Crippen LogP contribution in [0, 0.1) is 0 Å². The van der Waals surface area contributed by atoms with Crippen molar-refractivity contribution in [1.82, 2.24) is 0 Å². The van der Waals surface area contributed by atoms with Crippen LogP contribution >= 0.6 is 67.8 Å². The van der Waals surface area contributed by atoms with Gasteiger partial charge in [-0.2, -0.15) is 0 Å². The highest BCUT2D eigenvalue weighted by molar-refractivity contribution is 14.2. The fourth-order valence-corrected chi connectivity index (χ4v) is 2.16. The minimum atomic E-state index is -0.569. The van der Waals surface area contributed by atoms with Crippen LogP contribution in [0.4, 0.5) is 0 Å². The van der Waals surface area contributed by atoms with Crippen LogP contribution in [-0.2, 0) is 0 Å². The van der Waals surface area contributed by atoms with E-state index in [-0.39, 0.29) is 0 Å². The molecule has 0 aliphatic heterocycles. The van der Waals surface area contributed by atoms with E-state index in [1.165, 1.54) is 32.1 Å². The van der Waals surface area contributed by atoms with Gasteiger partial charge >= 0.3 is 0 Å². The Balaban J connectivity index is 3.32. The van der Waals surface area contributed by atoms with Crippen molar-refractivity contribution in [2.45, 2.75) is 51.0 Å². The Labute approximate surface area is 122 Å². The van der Waals surface area contributed by atoms with E-state index in [9.17, 15) is 5.11 Å². The minimum Gasteiger partial charge on any atom is -0.370 e. The molecule has 13 heavy (non-hydrogen) atoms. The Morgan fingerprint density at radius 3 is 2.15 bits per heavy atom. The largest absolute Gasteiger partial charge is 0.370 e. The highest BCUT2D eigenvalue weighted by Crippen LogP contribution is 2.36. The van der Waals surface area contributed by atoms with Crippen molar-refractivity contribution in [3.05, 3.63) is 0 Å². The molecular formula is C9H17I3O. The molecule has 0 radical (unpaired) electrons. The molecular weight excluding hydrogens is 505 g/mol. The van der Waals surface area contributed by atoms with Gasteiger partial charge in [0.25, 0.3) is 0 Å². The monoisotopic (exact) mass is 522 g/mol. The second-order valence-corrected chi connectivity index (χ2v) is 10.1. The lowest BCUT2D eigenvalue weighted by molar-refractivity contribution is 0.259. The van der Waals surface area contributed by atoms with E-state index in [4.69, 9.17) is 0 Å². The number of hydrogen-bond acceptors (Lipinski definition) is 1. The van der Waals surface area contributed by atoms with Crippen molar-refractivity contribution in [3.63, 3.8) is 0 Å². The second kappa shape index (κ2) is 8.32. The number of aliphatic hydroxyl groups is 1. The molecule has 0 spiro atoms. The summed E-state index contributed by atoms with van der Waals surface area (Å²) < 4.78 is -0.200. The molecule has 1 N–H and O–H groups in total. The molecule has 0 aromatic rings. The number of alkyl halides is 3. The Bertz CT molecular complexity index is 123. The first-order valence-electron chi connectivity index (χ1n) is 4.72. The molecule has 80 valence electrons. The number of halogens is 3. The summed E-state index contributed by atoms with van der Waals surface area (Å²) in [7, 11) is 0. The van der Waals surface area contributed by atoms with Crippen LogP contribution < -0.4 is 0 Å². The van der Waals surface area contributed by atoms with Crippen LogP contribution in [0.15, 0.2) is 0 Å². The fourth-order valence-electron chi connectivity index (χ4n) is 1.10. The van der Waals surface area contributed by atoms with Gasteiger partial charge in [-0.25, -0.2) is 0 Å². The summed E-state index contributed by atoms with van der Waals surface area (Å²) in [6.45, 7) is 2.23. The summed E-state index contributed by atoms with van der Waals surface area (Å²) in [5, 5.41) is 9.65. The van der Waals surface area contributed by atoms with Gasteiger partial charge < -0.3 is 5.11 Å². The first-order valence-corrected chi connectivity index (χ1v) is 8.13. The quantitative estimate of drug-likeness (QED) is 0.293. The predicted molar refractivity (Wildman–Crippen MR) is 84.2 cm³/mol. The first kappa shape index (κ1) is 15.2. The van der Waals surface area contributed by atoms with E-state index in [0.717, 1.165) is 6.42 Å². The summed E-state index contributed by atoms with van der Waals surface area (Å²) in [4.78, 5) is 0. The zero-order valence-electron chi connectivity index (χ0n) is 7.90. The lowest BCUT2D eigenvalue weighted by Gasteiger charge is -2.20. The summed E-state index contributed by atoms with van der Waals surface area (Å²) in [6.07, 6.45) is 7.70. The maximum absolute atomic E-state index is 9.65. The molecule has 0 aromatic carbocycles. The summed E-state index contributed by atoms with van der Waals surface area (Å²) in [5.41, 5.74) is 0. The third-order valence-electron chi connectivity index (χ3n) is 1.94. The average Bonchev–Trinajstić information content (AvgIpc) is 2.02. The molecule has 0 fully saturated rings. The molecule has 0 aliphatic rings. The van der Waals surface area contributed by atoms with Crippen molar-refractivity contribution in [2.75, 3.05) is 0 Å². The first-order chi connectivity index (χ1) is 5.98. The van der Waals surface area contributed by atoms with Gasteiger partial charge in [-0.05, 0) is 51.6 Å². The van der Waals surface area contributed by atoms with Crippen LogP contribution in [0.3, 0.4) is 0 Å². The predicted octanol–water partition coefficient (Wildman–Crippen LogP) is 4.67. The van der Waals surface area contributed by atoms with Gasteiger partial charge in [0.05, 0.1) is 3.92 Å². The normalized spacial score (nSPS) is 14.5. The molecule has 1 unspecified atom stereocenters. The van der Waals surface area contributed by atoms with E-state index >= 15 is 0 Å². The molecule has 0 rings (SSSR count). The molecule has 4 heteroatoms. The van der Waals surface area contributed by atoms with E-state index < -0.39 is 1.61 Å². The molecule has 0 aromatic heterocycles. The molecule has 0 aliphatic carbocycles. The number of unbranched alkanes of at least 4 members (excludes halogenated alkanes) is 4. The molecule has 0 amide bonds. The Hall–Kier alpha value is 2.15. The van der Waals surface area contributed by atoms with Gasteiger partial charge in [0.1, 0.15) is 0 Å². The lowest BCUT2D eigenvalue weighted by atomic mass is 10.1. The summed E-state index contributed by atoms with van der Waals surface area (Å²) in [5.74, 6) is 0. The van der Waals surface area contributed by atoms with Gasteiger partial charge in [0, 0.05) is 0 Å². The minimum absolute atomic E-state index is 0.368. The Morgan fingerprint density at radius 1 is 1.15 bits per heavy atom. The van der Waals surface area contributed by atoms with Crippen molar-refractivity contribution in [3.8, 4) is 0 Å². The second-order valence-electron chi connectivity index (χ2n) is 3.26. The lowest BCUT2D eigenvalue weighted by Crippen LogP contribution is -2.23. The van der Waals surface area contributed by atoms with Gasteiger partial charge in [-0.1, -0.05) is 61.6 Å². The van der Waals surface area contributed by atoms with E-state index in [0.29, 0.717) is 3.92 Å². The number of hydrogen-bond donors (Lipinski definition) is 1. The van der Waals surface area contributed by atoms with Gasteiger partial charge in [0.15, 0.2) is 1.61 Å². The fraction of sp³-hybridized carbons (Fsp3) is 1.00. The molecule has 0 heterocycles. The molecule has 1 atom stereocenters. The molecule has 0 bridgehead atoms. The van der Waals surface area contributed by atoms with Crippen LogP contribution in [0.25, 0.3) is 0 Å². The third-order valence-corrected chi connectivity index (χ3v) is 7.35. The summed E-state index contributed by atoms with van der Waals surface area (Å²) in [6, 6.07) is 0. The highest BCUT2D eigenvalue weighted by Gasteiger charge is 2.27. The summed E-state index contributed by atoms with van der Waals surface area (Å²) >= 11 is 6.56. The van der Waals surface area contributed by atoms with Crippen molar-refractivity contribution >= 4 is 67.8 Å². The number of rotatable bonds is 7. The maximum atomic E-state index is 9.65. The Kier molecular flexibility index (Phi) is 9.70. The van der Waals surface area contributed by atoms with Crippen molar-refractivity contribution < 1.29 is 5.11 Å². The zero-order valence-corrected chi connectivity index (χ0v) is 14.4. The molecule has 1 nitrogen and oxygen atoms in total. The van der Waals surface area contributed by atoms with E-state index in [1.54, 1.807) is 0 Å². The SMILES string of the molecule is CCCCCCCC(I)C(O)(I)I. The molecule has 0 saturated heterocycles. The zero-order chi connectivity index (χ0) is 10.3. The van der Waals surface area contributed by atoms with Gasteiger partial charge in [-0.3, -0.25) is 0 Å². The van der Waals surface area contributed by atoms with Gasteiger partial charge in [0.2, 0.25) is 0 Å². The van der Waals surface area contributed by atoms with Crippen molar-refractivity contribution in [2.24, 2.45) is 0 Å². The topological polar surface area (TPSA) is 20.2 Å². The molecule has 0 saturated carbocycles. The van der Waals surface area contributed by atoms with Crippen LogP contribution in [0.1, 0.15) is 45.4 Å².